The molecule has 1 aliphatic rings. The minimum atomic E-state index is -0.256. The molecule has 0 radical (unpaired) electrons. The molecule has 0 fully saturated rings. The lowest BCUT2D eigenvalue weighted by Gasteiger charge is -2.33. The smallest absolute Gasteiger partial charge is 0.124 e. The molecule has 2 nitrogen and oxygen atoms in total. The van der Waals surface area contributed by atoms with Gasteiger partial charge in [0.2, 0.25) is 0 Å². The molecule has 4 heteroatoms. The van der Waals surface area contributed by atoms with Crippen LogP contribution in [0.2, 0.25) is 0 Å². The third-order valence-corrected chi connectivity index (χ3v) is 8.21. The summed E-state index contributed by atoms with van der Waals surface area (Å²) in [4.78, 5) is 2.31. The molecule has 0 aromatic heterocycles. The summed E-state index contributed by atoms with van der Waals surface area (Å²) in [5, 5.41) is 0. The topological polar surface area (TPSA) is 12.5 Å². The van der Waals surface area contributed by atoms with Gasteiger partial charge in [-0.2, -0.15) is 0 Å². The van der Waals surface area contributed by atoms with Crippen LogP contribution in [0.15, 0.2) is 99.9 Å². The van der Waals surface area contributed by atoms with Crippen molar-refractivity contribution in [2.45, 2.75) is 38.7 Å². The number of rotatable bonds is 4. The number of nitrogens with zero attached hydrogens (tertiary/aromatic N) is 1. The van der Waals surface area contributed by atoms with Crippen molar-refractivity contribution < 1.29 is 4.74 Å². The number of para-hydroxylation sites is 1. The standard InChI is InChI=1S/C30H27Br2NO/c1-29(2)26-19-20(9-18-28(26)34-30(29,3)4)25-7-5-6-8-27(25)33(23-14-10-21(31)11-15-23)24-16-12-22(32)13-17-24/h5-19H,1-4H3. The van der Waals surface area contributed by atoms with E-state index in [0.29, 0.717) is 0 Å². The summed E-state index contributed by atoms with van der Waals surface area (Å²) in [5.74, 6) is 0.980. The number of hydrogen-bond acceptors (Lipinski definition) is 2. The minimum absolute atomic E-state index is 0.0929. The monoisotopic (exact) mass is 575 g/mol. The van der Waals surface area contributed by atoms with E-state index in [0.717, 1.165) is 31.8 Å². The lowest BCUT2D eigenvalue weighted by atomic mass is 9.73. The summed E-state index contributed by atoms with van der Waals surface area (Å²) in [6, 6.07) is 32.1. The Bertz CT molecular complexity index is 1300. The number of benzene rings is 4. The summed E-state index contributed by atoms with van der Waals surface area (Å²) in [7, 11) is 0. The first-order chi connectivity index (χ1) is 16.2. The van der Waals surface area contributed by atoms with E-state index >= 15 is 0 Å². The molecule has 0 atom stereocenters. The van der Waals surface area contributed by atoms with Gasteiger partial charge in [0.05, 0.1) is 5.69 Å². The summed E-state index contributed by atoms with van der Waals surface area (Å²) in [6.45, 7) is 8.88. The van der Waals surface area contributed by atoms with E-state index in [-0.39, 0.29) is 11.0 Å². The van der Waals surface area contributed by atoms with Crippen molar-refractivity contribution >= 4 is 48.9 Å². The Hall–Kier alpha value is -2.56. The van der Waals surface area contributed by atoms with E-state index < -0.39 is 0 Å². The molecule has 4 aromatic carbocycles. The lowest BCUT2D eigenvalue weighted by molar-refractivity contribution is 0.0712. The average molecular weight is 577 g/mol. The quantitative estimate of drug-likeness (QED) is 0.240. The van der Waals surface area contributed by atoms with Gasteiger partial charge in [-0.3, -0.25) is 0 Å². The van der Waals surface area contributed by atoms with Crippen LogP contribution < -0.4 is 9.64 Å². The second-order valence-corrected chi connectivity index (χ2v) is 11.6. The molecule has 34 heavy (non-hydrogen) atoms. The Balaban J connectivity index is 1.69. The van der Waals surface area contributed by atoms with Crippen molar-refractivity contribution in [3.63, 3.8) is 0 Å². The molecule has 0 unspecified atom stereocenters. The highest BCUT2D eigenvalue weighted by Gasteiger charge is 2.48. The van der Waals surface area contributed by atoms with Crippen LogP contribution in [0.4, 0.5) is 17.1 Å². The maximum absolute atomic E-state index is 6.32. The number of halogens is 2. The highest BCUT2D eigenvalue weighted by molar-refractivity contribution is 9.10. The largest absolute Gasteiger partial charge is 0.487 e. The van der Waals surface area contributed by atoms with Gasteiger partial charge < -0.3 is 9.64 Å². The molecular weight excluding hydrogens is 550 g/mol. The number of fused-ring (bicyclic) bond motifs is 1. The first-order valence-electron chi connectivity index (χ1n) is 11.4. The summed E-state index contributed by atoms with van der Waals surface area (Å²) < 4.78 is 8.44. The molecule has 0 bridgehead atoms. The number of anilines is 3. The third-order valence-electron chi connectivity index (χ3n) is 7.15. The van der Waals surface area contributed by atoms with Crippen LogP contribution in [0.5, 0.6) is 5.75 Å². The van der Waals surface area contributed by atoms with Gasteiger partial charge in [-0.15, -0.1) is 0 Å². The predicted octanol–water partition coefficient (Wildman–Crippen LogP) is 9.80. The first kappa shape index (κ1) is 23.2. The van der Waals surface area contributed by atoms with Crippen LogP contribution in [-0.4, -0.2) is 5.60 Å². The Morgan fingerprint density at radius 3 is 1.82 bits per heavy atom. The fraction of sp³-hybridized carbons (Fsp3) is 0.200. The van der Waals surface area contributed by atoms with E-state index in [4.69, 9.17) is 4.74 Å². The Morgan fingerprint density at radius 1 is 0.676 bits per heavy atom. The fourth-order valence-corrected chi connectivity index (χ4v) is 5.05. The summed E-state index contributed by atoms with van der Waals surface area (Å²) in [6.07, 6.45) is 0. The molecular formula is C30H27Br2NO. The van der Waals surface area contributed by atoms with Crippen molar-refractivity contribution in [2.24, 2.45) is 0 Å². The van der Waals surface area contributed by atoms with Gasteiger partial charge in [-0.05, 0) is 86.1 Å². The normalized spacial score (nSPS) is 15.5. The van der Waals surface area contributed by atoms with Gasteiger partial charge >= 0.3 is 0 Å². The summed E-state index contributed by atoms with van der Waals surface area (Å²) >= 11 is 7.16. The van der Waals surface area contributed by atoms with Crippen LogP contribution in [-0.2, 0) is 5.41 Å². The second kappa shape index (κ2) is 8.58. The molecule has 5 rings (SSSR count). The zero-order chi connectivity index (χ0) is 24.1. The van der Waals surface area contributed by atoms with Crippen molar-refractivity contribution in [3.8, 4) is 16.9 Å². The molecule has 0 saturated heterocycles. The van der Waals surface area contributed by atoms with Crippen LogP contribution in [0.3, 0.4) is 0 Å². The zero-order valence-corrected chi connectivity index (χ0v) is 22.9. The van der Waals surface area contributed by atoms with Crippen molar-refractivity contribution in [1.82, 2.24) is 0 Å². The molecule has 0 spiro atoms. The van der Waals surface area contributed by atoms with Crippen molar-refractivity contribution in [3.05, 3.63) is 106 Å². The maximum atomic E-state index is 6.32. The van der Waals surface area contributed by atoms with E-state index in [9.17, 15) is 0 Å². The lowest BCUT2D eigenvalue weighted by Crippen LogP contribution is -2.41. The van der Waals surface area contributed by atoms with Crippen LogP contribution in [0.1, 0.15) is 33.3 Å². The third kappa shape index (κ3) is 3.97. The molecule has 0 saturated carbocycles. The van der Waals surface area contributed by atoms with E-state index in [2.05, 4.69) is 155 Å². The Kier molecular flexibility index (Phi) is 5.86. The molecule has 1 heterocycles. The van der Waals surface area contributed by atoms with E-state index in [1.54, 1.807) is 0 Å². The minimum Gasteiger partial charge on any atom is -0.487 e. The highest BCUT2D eigenvalue weighted by atomic mass is 79.9. The summed E-state index contributed by atoms with van der Waals surface area (Å²) in [5.41, 5.74) is 6.60. The van der Waals surface area contributed by atoms with Gasteiger partial charge in [-0.1, -0.05) is 70.0 Å². The van der Waals surface area contributed by atoms with Crippen molar-refractivity contribution in [2.75, 3.05) is 4.90 Å². The van der Waals surface area contributed by atoms with Crippen LogP contribution >= 0.6 is 31.9 Å². The SMILES string of the molecule is CC1(C)Oc2ccc(-c3ccccc3N(c3ccc(Br)cc3)c3ccc(Br)cc3)cc2C1(C)C. The molecule has 172 valence electrons. The van der Waals surface area contributed by atoms with Gasteiger partial charge in [0.15, 0.2) is 0 Å². The van der Waals surface area contributed by atoms with Gasteiger partial charge in [0.25, 0.3) is 0 Å². The predicted molar refractivity (Wildman–Crippen MR) is 150 cm³/mol. The fourth-order valence-electron chi connectivity index (χ4n) is 4.52. The molecule has 0 aliphatic carbocycles. The number of hydrogen-bond donors (Lipinski definition) is 0. The highest BCUT2D eigenvalue weighted by Crippen LogP contribution is 2.50. The molecule has 0 amide bonds. The van der Waals surface area contributed by atoms with Crippen molar-refractivity contribution in [1.29, 1.82) is 0 Å². The number of ether oxygens (including phenoxy) is 1. The Labute approximate surface area is 218 Å². The molecule has 4 aromatic rings. The zero-order valence-electron chi connectivity index (χ0n) is 19.8. The van der Waals surface area contributed by atoms with Gasteiger partial charge in [0, 0.05) is 36.9 Å². The molecule has 1 aliphatic heterocycles. The second-order valence-electron chi connectivity index (χ2n) is 9.75. The van der Waals surface area contributed by atoms with E-state index in [1.165, 1.54) is 16.7 Å². The maximum Gasteiger partial charge on any atom is 0.124 e. The first-order valence-corrected chi connectivity index (χ1v) is 13.0. The van der Waals surface area contributed by atoms with Crippen LogP contribution in [0.25, 0.3) is 11.1 Å². The van der Waals surface area contributed by atoms with E-state index in [1.807, 2.05) is 0 Å². The Morgan fingerprint density at radius 2 is 1.24 bits per heavy atom. The van der Waals surface area contributed by atoms with Gasteiger partial charge in [0.1, 0.15) is 11.4 Å². The van der Waals surface area contributed by atoms with Gasteiger partial charge in [-0.25, -0.2) is 0 Å². The molecule has 0 N–H and O–H groups in total. The van der Waals surface area contributed by atoms with Crippen LogP contribution in [0, 0.1) is 0 Å². The average Bonchev–Trinajstić information content (AvgIpc) is 3.00.